The Kier molecular flexibility index (Phi) is 11.9. The highest BCUT2D eigenvalue weighted by Crippen LogP contribution is 2.29. The second kappa shape index (κ2) is 12.9. The smallest absolute Gasteiger partial charge is 0.107 e. The summed E-state index contributed by atoms with van der Waals surface area (Å²) in [6.07, 6.45) is 7.22. The lowest BCUT2D eigenvalue weighted by Crippen LogP contribution is -2.53. The number of aryl methyl sites for hydroxylation is 2. The lowest BCUT2D eigenvalue weighted by Gasteiger charge is -2.39. The summed E-state index contributed by atoms with van der Waals surface area (Å²) in [5.41, 5.74) is 3.17. The fourth-order valence-electron chi connectivity index (χ4n) is 4.93. The van der Waals surface area contributed by atoms with Gasteiger partial charge in [-0.2, -0.15) is 0 Å². The van der Waals surface area contributed by atoms with Crippen LogP contribution in [0.3, 0.4) is 0 Å². The molecule has 2 aliphatic rings. The maximum absolute atomic E-state index is 12.7. The van der Waals surface area contributed by atoms with Crippen LogP contribution in [0.2, 0.25) is 0 Å². The minimum atomic E-state index is -0.0880. The largest absolute Gasteiger partial charge is 0.858 e. The van der Waals surface area contributed by atoms with E-state index in [-0.39, 0.29) is 59.7 Å². The van der Waals surface area contributed by atoms with Crippen molar-refractivity contribution in [2.45, 2.75) is 52.4 Å². The van der Waals surface area contributed by atoms with Crippen molar-refractivity contribution < 1.29 is 19.2 Å². The summed E-state index contributed by atoms with van der Waals surface area (Å²) < 4.78 is 1.55. The Hall–Kier alpha value is -0.460. The summed E-state index contributed by atoms with van der Waals surface area (Å²) in [5, 5.41) is 25.4. The maximum Gasteiger partial charge on any atom is 0.107 e. The van der Waals surface area contributed by atoms with Gasteiger partial charge in [0, 0.05) is 11.8 Å². The van der Waals surface area contributed by atoms with E-state index in [1.807, 2.05) is 26.0 Å². The number of quaternary nitrogens is 2. The first kappa shape index (κ1) is 29.6. The number of aliphatic imine (C=N–C) groups is 2. The third-order valence-electron chi connectivity index (χ3n) is 6.83. The summed E-state index contributed by atoms with van der Waals surface area (Å²) in [4.78, 5) is 8.81. The lowest BCUT2D eigenvalue weighted by atomic mass is 10.1. The van der Waals surface area contributed by atoms with Gasteiger partial charge in [0.25, 0.3) is 0 Å². The zero-order chi connectivity index (χ0) is 21.8. The molecule has 0 amide bonds. The number of likely N-dealkylation sites (tertiary alicyclic amines) is 2. The van der Waals surface area contributed by atoms with E-state index in [2.05, 4.69) is 24.1 Å². The summed E-state index contributed by atoms with van der Waals surface area (Å²) in [7, 11) is 4.30. The minimum Gasteiger partial charge on any atom is -0.858 e. The van der Waals surface area contributed by atoms with Gasteiger partial charge in [-0.3, -0.25) is 9.98 Å². The zero-order valence-corrected chi connectivity index (χ0v) is 24.7. The molecule has 1 aromatic carbocycles. The molecule has 2 aliphatic heterocycles. The highest BCUT2D eigenvalue weighted by molar-refractivity contribution is 14.0. The van der Waals surface area contributed by atoms with Gasteiger partial charge in [0.15, 0.2) is 0 Å². The molecule has 0 radical (unpaired) electrons. The van der Waals surface area contributed by atoms with Crippen LogP contribution in [0.1, 0.15) is 49.7 Å². The fraction of sp³-hybridized carbons (Fsp3) is 0.667. The van der Waals surface area contributed by atoms with Crippen molar-refractivity contribution in [2.75, 3.05) is 53.4 Å². The van der Waals surface area contributed by atoms with E-state index < -0.39 is 0 Å². The van der Waals surface area contributed by atoms with Gasteiger partial charge in [0.2, 0.25) is 0 Å². The van der Waals surface area contributed by atoms with Crippen LogP contribution in [-0.4, -0.2) is 74.1 Å². The van der Waals surface area contributed by atoms with Gasteiger partial charge in [0.05, 0.1) is 51.6 Å². The number of nitrogens with zero attached hydrogens (tertiary/aromatic N) is 4. The van der Waals surface area contributed by atoms with Crippen molar-refractivity contribution in [3.63, 3.8) is 0 Å². The van der Waals surface area contributed by atoms with E-state index in [1.54, 1.807) is 0 Å². The minimum absolute atomic E-state index is 0. The number of benzene rings is 1. The molecule has 0 bridgehead atoms. The van der Waals surface area contributed by atoms with Crippen LogP contribution in [0.15, 0.2) is 22.1 Å². The van der Waals surface area contributed by atoms with Gasteiger partial charge in [0.1, 0.15) is 13.1 Å². The molecule has 3 rings (SSSR count). The van der Waals surface area contributed by atoms with Gasteiger partial charge in [-0.05, 0) is 69.6 Å². The molecular formula is C24H40I2N4O2. The molecule has 0 unspecified atom stereocenters. The number of likely N-dealkylation sites (N-methyl/N-ethyl adjacent to an activating group) is 2. The Labute approximate surface area is 228 Å². The number of rotatable bonds is 6. The normalized spacial score (nSPS) is 20.8. The van der Waals surface area contributed by atoms with Crippen LogP contribution in [0, 0.1) is 13.8 Å². The van der Waals surface area contributed by atoms with E-state index in [9.17, 15) is 10.2 Å². The summed E-state index contributed by atoms with van der Waals surface area (Å²) in [6, 6.07) is 3.79. The number of halogens is 2. The van der Waals surface area contributed by atoms with Gasteiger partial charge in [-0.1, -0.05) is 6.07 Å². The Morgan fingerprint density at radius 3 is 1.38 bits per heavy atom. The average molecular weight is 670 g/mol. The number of hydrogen-bond donors (Lipinski definition) is 0. The molecule has 2 fully saturated rings. The first-order valence-corrected chi connectivity index (χ1v) is 11.5. The van der Waals surface area contributed by atoms with E-state index >= 15 is 0 Å². The van der Waals surface area contributed by atoms with Crippen LogP contribution in [0.4, 0.5) is 11.4 Å². The van der Waals surface area contributed by atoms with Crippen molar-refractivity contribution in [1.82, 2.24) is 0 Å². The summed E-state index contributed by atoms with van der Waals surface area (Å²) >= 11 is 0. The second-order valence-corrected chi connectivity index (χ2v) is 10.0. The molecule has 0 saturated carbocycles. The highest BCUT2D eigenvalue weighted by atomic mass is 127. The van der Waals surface area contributed by atoms with E-state index in [4.69, 9.17) is 0 Å². The quantitative estimate of drug-likeness (QED) is 0.201. The van der Waals surface area contributed by atoms with Crippen LogP contribution in [-0.2, 0) is 0 Å². The number of hydrogen-bond acceptors (Lipinski definition) is 4. The van der Waals surface area contributed by atoms with E-state index in [0.29, 0.717) is 24.5 Å². The van der Waals surface area contributed by atoms with Gasteiger partial charge in [-0.15, -0.1) is 48.0 Å². The molecule has 32 heavy (non-hydrogen) atoms. The Balaban J connectivity index is 0.00000256. The lowest BCUT2D eigenvalue weighted by molar-refractivity contribution is -0.907. The first-order valence-electron chi connectivity index (χ1n) is 11.5. The highest BCUT2D eigenvalue weighted by Gasteiger charge is 2.25. The average Bonchev–Trinajstić information content (AvgIpc) is 2.66. The van der Waals surface area contributed by atoms with Crippen molar-refractivity contribution in [3.05, 3.63) is 23.3 Å². The molecule has 1 aromatic rings. The standard InChI is InChI=1S/C24H38N4O2.2HI/c1-19-15-20(2)22(26-24(30)18-28(4)13-9-6-10-14-28)16-21(19)25-23(29)17-27(3)11-7-5-8-12-27;;/h15-16H,5-14,17-18H2,1-4H3;2*1H. The van der Waals surface area contributed by atoms with Crippen LogP contribution in [0.25, 0.3) is 0 Å². The maximum atomic E-state index is 12.7. The van der Waals surface area contributed by atoms with Gasteiger partial charge in [-0.25, -0.2) is 0 Å². The monoisotopic (exact) mass is 670 g/mol. The van der Waals surface area contributed by atoms with Crippen LogP contribution >= 0.6 is 48.0 Å². The Bertz CT molecular complexity index is 751. The Morgan fingerprint density at radius 1 is 0.688 bits per heavy atom. The molecule has 8 heteroatoms. The summed E-state index contributed by atoms with van der Waals surface area (Å²) in [5.74, 6) is -0.176. The SMILES string of the molecule is Cc1cc(C)c(N=C([O-])C[N+]2(C)CCCCC2)cc1N=C([O-])C[N+]1(C)CCCCC1.I.I. The third-order valence-corrected chi connectivity index (χ3v) is 6.83. The predicted molar refractivity (Wildman–Crippen MR) is 150 cm³/mol. The van der Waals surface area contributed by atoms with E-state index in [0.717, 1.165) is 46.3 Å². The van der Waals surface area contributed by atoms with Gasteiger partial charge < -0.3 is 19.2 Å². The van der Waals surface area contributed by atoms with Crippen molar-refractivity contribution in [3.8, 4) is 0 Å². The number of piperidine rings is 2. The summed E-state index contributed by atoms with van der Waals surface area (Å²) in [6.45, 7) is 8.97. The molecule has 0 aliphatic carbocycles. The molecule has 6 nitrogen and oxygen atoms in total. The van der Waals surface area contributed by atoms with Crippen molar-refractivity contribution in [2.24, 2.45) is 9.98 Å². The van der Waals surface area contributed by atoms with Crippen molar-refractivity contribution in [1.29, 1.82) is 0 Å². The topological polar surface area (TPSA) is 70.8 Å². The first-order chi connectivity index (χ1) is 14.2. The van der Waals surface area contributed by atoms with Gasteiger partial charge >= 0.3 is 0 Å². The van der Waals surface area contributed by atoms with Crippen LogP contribution < -0.4 is 10.2 Å². The molecule has 2 heterocycles. The zero-order valence-electron chi connectivity index (χ0n) is 20.1. The molecule has 0 spiro atoms. The third kappa shape index (κ3) is 8.39. The molecule has 182 valence electrons. The predicted octanol–water partition coefficient (Wildman–Crippen LogP) is 3.58. The molecule has 0 N–H and O–H groups in total. The molecule has 2 saturated heterocycles. The van der Waals surface area contributed by atoms with E-state index in [1.165, 1.54) is 38.5 Å². The fourth-order valence-corrected chi connectivity index (χ4v) is 4.93. The molecule has 0 aromatic heterocycles. The van der Waals surface area contributed by atoms with Crippen molar-refractivity contribution >= 4 is 71.1 Å². The molecule has 0 atom stereocenters. The Morgan fingerprint density at radius 2 is 1.03 bits per heavy atom. The second-order valence-electron chi connectivity index (χ2n) is 10.0. The molecular weight excluding hydrogens is 630 g/mol. The van der Waals surface area contributed by atoms with Crippen LogP contribution in [0.5, 0.6) is 0 Å².